The molecule has 0 aliphatic carbocycles. The molecule has 0 fully saturated rings. The van der Waals surface area contributed by atoms with Crippen molar-refractivity contribution in [3.05, 3.63) is 86.6 Å². The van der Waals surface area contributed by atoms with Gasteiger partial charge in [0, 0.05) is 11.6 Å². The first-order valence-corrected chi connectivity index (χ1v) is 10.5. The van der Waals surface area contributed by atoms with Crippen LogP contribution in [0.15, 0.2) is 54.3 Å². The standard InChI is InChI=1S/C25H20Cl2O5/c1-14-8-18(31-13-15-4-6-19(26)20(27)9-15)12-22-24(14)25(28)23(32-22)11-16-10-17(29-2)5-7-21(16)30-3/h4-12H,13H2,1-3H3/b23-11-. The van der Waals surface area contributed by atoms with Gasteiger partial charge in [-0.3, -0.25) is 4.79 Å². The van der Waals surface area contributed by atoms with E-state index in [1.165, 1.54) is 0 Å². The third kappa shape index (κ3) is 4.40. The molecule has 4 rings (SSSR count). The molecule has 0 saturated heterocycles. The van der Waals surface area contributed by atoms with Gasteiger partial charge >= 0.3 is 0 Å². The zero-order valence-electron chi connectivity index (χ0n) is 17.7. The number of methoxy groups -OCH3 is 2. The molecule has 5 nitrogen and oxygen atoms in total. The summed E-state index contributed by atoms with van der Waals surface area (Å²) in [6.07, 6.45) is 1.65. The molecule has 0 radical (unpaired) electrons. The van der Waals surface area contributed by atoms with Crippen LogP contribution in [-0.2, 0) is 6.61 Å². The van der Waals surface area contributed by atoms with Gasteiger partial charge in [-0.2, -0.15) is 0 Å². The number of hydrogen-bond donors (Lipinski definition) is 0. The summed E-state index contributed by atoms with van der Waals surface area (Å²) in [5, 5.41) is 0.956. The Labute approximate surface area is 196 Å². The number of Topliss-reactive ketones (excluding diaryl/α,β-unsaturated/α-hetero) is 1. The van der Waals surface area contributed by atoms with Crippen molar-refractivity contribution in [1.29, 1.82) is 0 Å². The maximum Gasteiger partial charge on any atom is 0.232 e. The van der Waals surface area contributed by atoms with Crippen molar-refractivity contribution in [3.63, 3.8) is 0 Å². The second-order valence-electron chi connectivity index (χ2n) is 7.20. The van der Waals surface area contributed by atoms with Crippen LogP contribution >= 0.6 is 23.2 Å². The van der Waals surface area contributed by atoms with Crippen LogP contribution in [0.3, 0.4) is 0 Å². The SMILES string of the molecule is COc1ccc(OC)c(/C=C2\Oc3cc(OCc4ccc(Cl)c(Cl)c4)cc(C)c3C2=O)c1. The van der Waals surface area contributed by atoms with Crippen LogP contribution in [0.5, 0.6) is 23.0 Å². The van der Waals surface area contributed by atoms with Crippen LogP contribution in [0.1, 0.15) is 27.0 Å². The quantitative estimate of drug-likeness (QED) is 0.384. The van der Waals surface area contributed by atoms with Gasteiger partial charge < -0.3 is 18.9 Å². The average molecular weight is 471 g/mol. The number of halogens is 2. The van der Waals surface area contributed by atoms with E-state index in [9.17, 15) is 4.79 Å². The molecule has 0 bridgehead atoms. The lowest BCUT2D eigenvalue weighted by atomic mass is 10.0. The first-order valence-electron chi connectivity index (χ1n) is 9.77. The summed E-state index contributed by atoms with van der Waals surface area (Å²) in [6, 6.07) is 14.2. The highest BCUT2D eigenvalue weighted by molar-refractivity contribution is 6.42. The first-order chi connectivity index (χ1) is 15.4. The Bertz CT molecular complexity index is 1230. The van der Waals surface area contributed by atoms with E-state index in [1.807, 2.05) is 19.1 Å². The molecule has 1 heterocycles. The second-order valence-corrected chi connectivity index (χ2v) is 8.01. The predicted molar refractivity (Wildman–Crippen MR) is 124 cm³/mol. The molecular formula is C25H20Cl2O5. The summed E-state index contributed by atoms with van der Waals surface area (Å²) in [4.78, 5) is 13.0. The summed E-state index contributed by atoms with van der Waals surface area (Å²) >= 11 is 12.0. The zero-order valence-corrected chi connectivity index (χ0v) is 19.2. The fourth-order valence-electron chi connectivity index (χ4n) is 3.45. The molecule has 0 spiro atoms. The molecule has 1 aliphatic rings. The molecule has 0 N–H and O–H groups in total. The number of allylic oxidation sites excluding steroid dienone is 1. The Kier molecular flexibility index (Phi) is 6.31. The number of ether oxygens (including phenoxy) is 4. The third-order valence-corrected chi connectivity index (χ3v) is 5.80. The zero-order chi connectivity index (χ0) is 22.8. The minimum absolute atomic E-state index is 0.196. The molecular weight excluding hydrogens is 451 g/mol. The van der Waals surface area contributed by atoms with Crippen molar-refractivity contribution in [2.24, 2.45) is 0 Å². The van der Waals surface area contributed by atoms with Crippen LogP contribution in [0.2, 0.25) is 10.0 Å². The highest BCUT2D eigenvalue weighted by Gasteiger charge is 2.30. The molecule has 0 unspecified atom stereocenters. The van der Waals surface area contributed by atoms with Crippen molar-refractivity contribution in [1.82, 2.24) is 0 Å². The Balaban J connectivity index is 1.59. The lowest BCUT2D eigenvalue weighted by Gasteiger charge is -2.10. The van der Waals surface area contributed by atoms with Crippen LogP contribution in [0.4, 0.5) is 0 Å². The molecule has 0 aromatic heterocycles. The molecule has 7 heteroatoms. The van der Waals surface area contributed by atoms with Crippen LogP contribution < -0.4 is 18.9 Å². The summed E-state index contributed by atoms with van der Waals surface area (Å²) in [5.74, 6) is 2.30. The van der Waals surface area contributed by atoms with E-state index < -0.39 is 0 Å². The van der Waals surface area contributed by atoms with E-state index in [-0.39, 0.29) is 11.5 Å². The number of benzene rings is 3. The van der Waals surface area contributed by atoms with Gasteiger partial charge in [0.25, 0.3) is 0 Å². The fraction of sp³-hybridized carbons (Fsp3) is 0.160. The number of ketones is 1. The summed E-state index contributed by atoms with van der Waals surface area (Å²) in [7, 11) is 3.15. The highest BCUT2D eigenvalue weighted by atomic mass is 35.5. The maximum absolute atomic E-state index is 13.0. The number of fused-ring (bicyclic) bond motifs is 1. The Morgan fingerprint density at radius 3 is 2.47 bits per heavy atom. The van der Waals surface area contributed by atoms with Gasteiger partial charge in [0.2, 0.25) is 5.78 Å². The number of aryl methyl sites for hydroxylation is 1. The van der Waals surface area contributed by atoms with E-state index in [2.05, 4.69) is 0 Å². The van der Waals surface area contributed by atoms with Crippen LogP contribution in [0.25, 0.3) is 6.08 Å². The third-order valence-electron chi connectivity index (χ3n) is 5.06. The van der Waals surface area contributed by atoms with Crippen molar-refractivity contribution in [2.45, 2.75) is 13.5 Å². The Hall–Kier alpha value is -3.15. The van der Waals surface area contributed by atoms with Gasteiger partial charge in [-0.25, -0.2) is 0 Å². The average Bonchev–Trinajstić information content (AvgIpc) is 3.10. The van der Waals surface area contributed by atoms with Gasteiger partial charge in [0.05, 0.1) is 29.8 Å². The van der Waals surface area contributed by atoms with E-state index in [0.29, 0.717) is 50.8 Å². The normalized spacial score (nSPS) is 13.7. The monoisotopic (exact) mass is 470 g/mol. The van der Waals surface area contributed by atoms with Crippen molar-refractivity contribution >= 4 is 35.1 Å². The molecule has 3 aromatic rings. The first kappa shape index (κ1) is 22.1. The van der Waals surface area contributed by atoms with Crippen molar-refractivity contribution in [2.75, 3.05) is 14.2 Å². The van der Waals surface area contributed by atoms with Gasteiger partial charge in [0.1, 0.15) is 29.6 Å². The fourth-order valence-corrected chi connectivity index (χ4v) is 3.77. The van der Waals surface area contributed by atoms with E-state index in [0.717, 1.165) is 11.1 Å². The summed E-state index contributed by atoms with van der Waals surface area (Å²) < 4.78 is 22.5. The van der Waals surface area contributed by atoms with Crippen molar-refractivity contribution in [3.8, 4) is 23.0 Å². The molecule has 32 heavy (non-hydrogen) atoms. The summed E-state index contributed by atoms with van der Waals surface area (Å²) in [6.45, 7) is 2.15. The topological polar surface area (TPSA) is 54.0 Å². The van der Waals surface area contributed by atoms with Gasteiger partial charge in [-0.15, -0.1) is 0 Å². The summed E-state index contributed by atoms with van der Waals surface area (Å²) in [5.41, 5.74) is 2.83. The minimum atomic E-state index is -0.196. The molecule has 0 atom stereocenters. The van der Waals surface area contributed by atoms with Crippen LogP contribution in [0, 0.1) is 6.92 Å². The number of carbonyl (C=O) groups excluding carboxylic acids is 1. The molecule has 0 amide bonds. The number of carbonyl (C=O) groups is 1. The molecule has 0 saturated carbocycles. The Morgan fingerprint density at radius 1 is 0.938 bits per heavy atom. The van der Waals surface area contributed by atoms with Gasteiger partial charge in [0.15, 0.2) is 5.76 Å². The molecule has 164 valence electrons. The highest BCUT2D eigenvalue weighted by Crippen LogP contribution is 2.38. The van der Waals surface area contributed by atoms with Crippen molar-refractivity contribution < 1.29 is 23.7 Å². The van der Waals surface area contributed by atoms with E-state index >= 15 is 0 Å². The number of rotatable bonds is 6. The smallest absolute Gasteiger partial charge is 0.232 e. The van der Waals surface area contributed by atoms with E-state index in [4.69, 9.17) is 42.1 Å². The Morgan fingerprint density at radius 2 is 1.75 bits per heavy atom. The number of hydrogen-bond acceptors (Lipinski definition) is 5. The largest absolute Gasteiger partial charge is 0.497 e. The van der Waals surface area contributed by atoms with Gasteiger partial charge in [-0.1, -0.05) is 29.3 Å². The van der Waals surface area contributed by atoms with Gasteiger partial charge in [-0.05, 0) is 60.5 Å². The van der Waals surface area contributed by atoms with E-state index in [1.54, 1.807) is 56.7 Å². The predicted octanol–water partition coefficient (Wildman–Crippen LogP) is 6.51. The maximum atomic E-state index is 13.0. The minimum Gasteiger partial charge on any atom is -0.497 e. The molecule has 1 aliphatic heterocycles. The van der Waals surface area contributed by atoms with Crippen LogP contribution in [-0.4, -0.2) is 20.0 Å². The second kappa shape index (κ2) is 9.15. The lowest BCUT2D eigenvalue weighted by Crippen LogP contribution is -2.00. The lowest BCUT2D eigenvalue weighted by molar-refractivity contribution is 0.101. The molecule has 3 aromatic carbocycles.